The minimum atomic E-state index is 0.428. The van der Waals surface area contributed by atoms with Gasteiger partial charge in [0, 0.05) is 18.8 Å². The van der Waals surface area contributed by atoms with Crippen LogP contribution in [0.4, 0.5) is 5.69 Å². The van der Waals surface area contributed by atoms with Crippen LogP contribution in [-0.2, 0) is 4.74 Å². The van der Waals surface area contributed by atoms with Crippen molar-refractivity contribution < 1.29 is 4.74 Å². The van der Waals surface area contributed by atoms with Gasteiger partial charge in [-0.05, 0) is 60.7 Å². The zero-order valence-electron chi connectivity index (χ0n) is 12.5. The second kappa shape index (κ2) is 6.22. The molecule has 1 aliphatic carbocycles. The van der Waals surface area contributed by atoms with Crippen LogP contribution in [0, 0.1) is 6.92 Å². The molecule has 3 rings (SSSR count). The Balaban J connectivity index is 1.72. The second-order valence-corrected chi connectivity index (χ2v) is 5.61. The predicted octanol–water partition coefficient (Wildman–Crippen LogP) is 2.34. The number of tetrazole rings is 1. The Morgan fingerprint density at radius 1 is 1.24 bits per heavy atom. The quantitative estimate of drug-likeness (QED) is 0.935. The lowest BCUT2D eigenvalue weighted by atomic mass is 9.92. The Morgan fingerprint density at radius 2 is 2.05 bits per heavy atom. The van der Waals surface area contributed by atoms with Crippen LogP contribution in [0.25, 0.3) is 5.69 Å². The molecular weight excluding hydrogens is 266 g/mol. The fraction of sp³-hybridized carbons (Fsp3) is 0.533. The van der Waals surface area contributed by atoms with Crippen molar-refractivity contribution >= 4 is 5.69 Å². The van der Waals surface area contributed by atoms with E-state index in [0.717, 1.165) is 37.1 Å². The Hall–Kier alpha value is -1.95. The molecule has 0 spiro atoms. The van der Waals surface area contributed by atoms with Crippen molar-refractivity contribution in [3.63, 3.8) is 0 Å². The third kappa shape index (κ3) is 3.21. The van der Waals surface area contributed by atoms with E-state index < -0.39 is 0 Å². The lowest BCUT2D eigenvalue weighted by molar-refractivity contribution is 0.0682. The van der Waals surface area contributed by atoms with Crippen molar-refractivity contribution in [2.24, 2.45) is 0 Å². The zero-order chi connectivity index (χ0) is 14.7. The lowest BCUT2D eigenvalue weighted by Crippen LogP contribution is -2.29. The van der Waals surface area contributed by atoms with Gasteiger partial charge in [-0.1, -0.05) is 6.07 Å². The average Bonchev–Trinajstić information content (AvgIpc) is 3.04. The predicted molar refractivity (Wildman–Crippen MR) is 80.6 cm³/mol. The van der Waals surface area contributed by atoms with Crippen LogP contribution < -0.4 is 5.32 Å². The molecule has 0 atom stereocenters. The van der Waals surface area contributed by atoms with Crippen LogP contribution in [-0.4, -0.2) is 39.5 Å². The molecule has 2 aromatic rings. The van der Waals surface area contributed by atoms with Crippen LogP contribution >= 0.6 is 0 Å². The van der Waals surface area contributed by atoms with E-state index in [4.69, 9.17) is 4.74 Å². The topological polar surface area (TPSA) is 64.9 Å². The molecule has 1 N–H and O–H groups in total. The Kier molecular flexibility index (Phi) is 4.15. The first-order valence-electron chi connectivity index (χ1n) is 7.39. The number of nitrogens with one attached hydrogen (secondary N) is 1. The fourth-order valence-electron chi connectivity index (χ4n) is 2.85. The summed E-state index contributed by atoms with van der Waals surface area (Å²) in [4.78, 5) is 0. The minimum Gasteiger partial charge on any atom is -0.382 e. The summed E-state index contributed by atoms with van der Waals surface area (Å²) in [6, 6.07) is 6.74. The molecule has 6 nitrogen and oxygen atoms in total. The molecule has 112 valence electrons. The molecule has 0 bridgehead atoms. The number of hydrogen-bond donors (Lipinski definition) is 1. The van der Waals surface area contributed by atoms with Crippen LogP contribution in [0.1, 0.15) is 31.2 Å². The highest BCUT2D eigenvalue weighted by molar-refractivity contribution is 5.57. The van der Waals surface area contributed by atoms with Gasteiger partial charge in [-0.3, -0.25) is 0 Å². The molecule has 0 aliphatic heterocycles. The Morgan fingerprint density at radius 3 is 2.71 bits per heavy atom. The van der Waals surface area contributed by atoms with E-state index in [1.165, 1.54) is 5.56 Å². The van der Waals surface area contributed by atoms with E-state index in [0.29, 0.717) is 12.1 Å². The highest BCUT2D eigenvalue weighted by Gasteiger charge is 2.21. The van der Waals surface area contributed by atoms with Crippen LogP contribution in [0.2, 0.25) is 0 Å². The number of aryl methyl sites for hydroxylation is 1. The van der Waals surface area contributed by atoms with E-state index in [-0.39, 0.29) is 0 Å². The summed E-state index contributed by atoms with van der Waals surface area (Å²) < 4.78 is 7.10. The molecular formula is C15H21N5O. The van der Waals surface area contributed by atoms with Gasteiger partial charge in [-0.15, -0.1) is 5.10 Å². The summed E-state index contributed by atoms with van der Waals surface area (Å²) in [7, 11) is 1.80. The first-order chi connectivity index (χ1) is 10.3. The van der Waals surface area contributed by atoms with Gasteiger partial charge in [-0.25, -0.2) is 4.68 Å². The van der Waals surface area contributed by atoms with Crippen LogP contribution in [0.3, 0.4) is 0 Å². The standard InChI is InChI=1S/C15H21N5O/c1-11-3-6-13(20-10-16-18-19-20)9-15(11)17-12-4-7-14(21-2)8-5-12/h3,6,9-10,12,14,17H,4-5,7-8H2,1-2H3. The monoisotopic (exact) mass is 287 g/mol. The lowest BCUT2D eigenvalue weighted by Gasteiger charge is -2.29. The molecule has 21 heavy (non-hydrogen) atoms. The van der Waals surface area contributed by atoms with E-state index >= 15 is 0 Å². The van der Waals surface area contributed by atoms with Gasteiger partial charge in [0.15, 0.2) is 0 Å². The second-order valence-electron chi connectivity index (χ2n) is 5.61. The maximum absolute atomic E-state index is 5.43. The normalized spacial score (nSPS) is 22.2. The summed E-state index contributed by atoms with van der Waals surface area (Å²) in [5.74, 6) is 0. The third-order valence-electron chi connectivity index (χ3n) is 4.20. The third-order valence-corrected chi connectivity index (χ3v) is 4.20. The Labute approximate surface area is 124 Å². The van der Waals surface area contributed by atoms with Crippen LogP contribution in [0.5, 0.6) is 0 Å². The van der Waals surface area contributed by atoms with Gasteiger partial charge in [0.25, 0.3) is 0 Å². The smallest absolute Gasteiger partial charge is 0.143 e. The fourth-order valence-corrected chi connectivity index (χ4v) is 2.85. The van der Waals surface area contributed by atoms with Crippen molar-refractivity contribution in [3.05, 3.63) is 30.1 Å². The van der Waals surface area contributed by atoms with Gasteiger partial charge >= 0.3 is 0 Å². The van der Waals surface area contributed by atoms with Gasteiger partial charge in [0.05, 0.1) is 11.8 Å². The van der Waals surface area contributed by atoms with Crippen molar-refractivity contribution in [1.82, 2.24) is 20.2 Å². The maximum Gasteiger partial charge on any atom is 0.143 e. The average molecular weight is 287 g/mol. The number of anilines is 1. The van der Waals surface area contributed by atoms with Gasteiger partial charge in [0.2, 0.25) is 0 Å². The molecule has 0 unspecified atom stereocenters. The SMILES string of the molecule is COC1CCC(Nc2cc(-n3cnnn3)ccc2C)CC1. The van der Waals surface area contributed by atoms with E-state index in [1.54, 1.807) is 18.1 Å². The number of nitrogens with zero attached hydrogens (tertiary/aromatic N) is 4. The highest BCUT2D eigenvalue weighted by Crippen LogP contribution is 2.26. The first kappa shape index (κ1) is 14.0. The molecule has 1 fully saturated rings. The van der Waals surface area contributed by atoms with Gasteiger partial charge < -0.3 is 10.1 Å². The number of benzene rings is 1. The zero-order valence-corrected chi connectivity index (χ0v) is 12.5. The first-order valence-corrected chi connectivity index (χ1v) is 7.39. The number of methoxy groups -OCH3 is 1. The molecule has 1 aromatic heterocycles. The van der Waals surface area contributed by atoms with Gasteiger partial charge in [0.1, 0.15) is 6.33 Å². The van der Waals surface area contributed by atoms with Gasteiger partial charge in [-0.2, -0.15) is 0 Å². The summed E-state index contributed by atoms with van der Waals surface area (Å²) in [5, 5.41) is 15.0. The molecule has 1 saturated carbocycles. The number of hydrogen-bond acceptors (Lipinski definition) is 5. The molecule has 0 amide bonds. The maximum atomic E-state index is 5.43. The summed E-state index contributed by atoms with van der Waals surface area (Å²) in [6.45, 7) is 2.12. The molecule has 1 aromatic carbocycles. The number of ether oxygens (including phenoxy) is 1. The molecule has 0 saturated heterocycles. The highest BCUT2D eigenvalue weighted by atomic mass is 16.5. The molecule has 1 heterocycles. The van der Waals surface area contributed by atoms with E-state index in [9.17, 15) is 0 Å². The molecule has 1 aliphatic rings. The number of rotatable bonds is 4. The number of aromatic nitrogens is 4. The van der Waals surface area contributed by atoms with Crippen molar-refractivity contribution in [2.45, 2.75) is 44.8 Å². The van der Waals surface area contributed by atoms with Crippen molar-refractivity contribution in [1.29, 1.82) is 0 Å². The largest absolute Gasteiger partial charge is 0.382 e. The Bertz CT molecular complexity index is 576. The molecule has 0 radical (unpaired) electrons. The summed E-state index contributed by atoms with van der Waals surface area (Å²) in [5.41, 5.74) is 3.36. The summed E-state index contributed by atoms with van der Waals surface area (Å²) >= 11 is 0. The van der Waals surface area contributed by atoms with Crippen molar-refractivity contribution in [3.8, 4) is 5.69 Å². The summed E-state index contributed by atoms with van der Waals surface area (Å²) in [6.07, 6.45) is 6.58. The van der Waals surface area contributed by atoms with Crippen LogP contribution in [0.15, 0.2) is 24.5 Å². The molecule has 6 heteroatoms. The van der Waals surface area contributed by atoms with E-state index in [2.05, 4.69) is 39.9 Å². The van der Waals surface area contributed by atoms with E-state index in [1.807, 2.05) is 6.07 Å². The van der Waals surface area contributed by atoms with Crippen molar-refractivity contribution in [2.75, 3.05) is 12.4 Å². The minimum absolute atomic E-state index is 0.428.